The fraction of sp³-hybridized carbons (Fsp3) is 0.476. The molecule has 0 amide bonds. The van der Waals surface area contributed by atoms with Gasteiger partial charge in [0.1, 0.15) is 22.0 Å². The number of furan rings is 1. The summed E-state index contributed by atoms with van der Waals surface area (Å²) in [4.78, 5) is 46.5. The van der Waals surface area contributed by atoms with Crippen LogP contribution in [0.2, 0.25) is 0 Å². The van der Waals surface area contributed by atoms with E-state index in [0.29, 0.717) is 52.3 Å². The lowest BCUT2D eigenvalue weighted by atomic mass is 10.1. The summed E-state index contributed by atoms with van der Waals surface area (Å²) in [5, 5.41) is 0.801. The van der Waals surface area contributed by atoms with Gasteiger partial charge in [-0.15, -0.1) is 0 Å². The van der Waals surface area contributed by atoms with Crippen molar-refractivity contribution in [2.24, 2.45) is 13.0 Å². The second-order valence-corrected chi connectivity index (χ2v) is 8.55. The van der Waals surface area contributed by atoms with Crippen LogP contribution in [0, 0.1) is 5.92 Å². The number of aryl methyl sites for hydroxylation is 1. The maximum atomic E-state index is 13.0. The molecule has 3 aromatic rings. The predicted octanol–water partition coefficient (Wildman–Crippen LogP) is 2.77. The maximum absolute atomic E-state index is 13.0. The second-order valence-electron chi connectivity index (χ2n) is 7.59. The summed E-state index contributed by atoms with van der Waals surface area (Å²) in [6.07, 6.45) is 1.34. The van der Waals surface area contributed by atoms with Crippen molar-refractivity contribution in [3.05, 3.63) is 50.3 Å². The average molecular weight is 447 g/mol. The van der Waals surface area contributed by atoms with Crippen LogP contribution in [0.4, 0.5) is 0 Å². The topological polar surface area (TPSA) is 109 Å². The number of aromatic nitrogens is 4. The van der Waals surface area contributed by atoms with E-state index in [9.17, 15) is 14.4 Å². The average Bonchev–Trinajstić information content (AvgIpc) is 3.21. The van der Waals surface area contributed by atoms with Gasteiger partial charge in [-0.2, -0.15) is 0 Å². The summed E-state index contributed by atoms with van der Waals surface area (Å²) in [7, 11) is 2.75. The van der Waals surface area contributed by atoms with Gasteiger partial charge in [-0.1, -0.05) is 32.5 Å². The second kappa shape index (κ2) is 9.51. The van der Waals surface area contributed by atoms with Crippen molar-refractivity contribution in [3.8, 4) is 0 Å². The van der Waals surface area contributed by atoms with Crippen molar-refractivity contribution < 1.29 is 13.9 Å². The largest absolute Gasteiger partial charge is 0.463 e. The molecule has 3 rings (SSSR count). The van der Waals surface area contributed by atoms with Gasteiger partial charge in [0, 0.05) is 20.0 Å². The lowest BCUT2D eigenvalue weighted by Gasteiger charge is -2.14. The molecule has 3 heterocycles. The standard InChI is InChI=1S/C21H26N4O5S/c1-6-9-25-17-16(19(26)24(4)21(25)28)18(23-15(22-17)10-12(2)3)31-11-13-7-8-14(30-13)20(27)29-5/h7-8,12H,6,9-11H2,1-5H3. The van der Waals surface area contributed by atoms with Crippen LogP contribution in [-0.4, -0.2) is 32.2 Å². The summed E-state index contributed by atoms with van der Waals surface area (Å²) >= 11 is 1.31. The minimum Gasteiger partial charge on any atom is -0.463 e. The number of carbonyl (C=O) groups is 1. The minimum atomic E-state index is -0.555. The highest BCUT2D eigenvalue weighted by Crippen LogP contribution is 2.27. The lowest BCUT2D eigenvalue weighted by Crippen LogP contribution is -2.39. The van der Waals surface area contributed by atoms with Crippen molar-refractivity contribution in [1.29, 1.82) is 0 Å². The first kappa shape index (κ1) is 22.8. The van der Waals surface area contributed by atoms with E-state index in [4.69, 9.17) is 4.42 Å². The number of carbonyl (C=O) groups excluding carboxylic acids is 1. The number of rotatable bonds is 8. The zero-order chi connectivity index (χ0) is 22.7. The van der Waals surface area contributed by atoms with Gasteiger partial charge in [-0.3, -0.25) is 13.9 Å². The number of esters is 1. The van der Waals surface area contributed by atoms with Crippen molar-refractivity contribution in [2.75, 3.05) is 7.11 Å². The molecule has 10 heteroatoms. The molecule has 0 saturated carbocycles. The van der Waals surface area contributed by atoms with E-state index >= 15 is 0 Å². The molecule has 0 aliphatic heterocycles. The number of hydrogen-bond donors (Lipinski definition) is 0. The minimum absolute atomic E-state index is 0.110. The first-order valence-electron chi connectivity index (χ1n) is 10.1. The third-order valence-electron chi connectivity index (χ3n) is 4.63. The molecule has 0 radical (unpaired) electrons. The first-order valence-corrected chi connectivity index (χ1v) is 11.1. The van der Waals surface area contributed by atoms with Crippen LogP contribution in [0.1, 0.15) is 49.3 Å². The molecule has 0 aromatic carbocycles. The number of nitrogens with zero attached hydrogens (tertiary/aromatic N) is 4. The first-order chi connectivity index (χ1) is 14.8. The Hall–Kier alpha value is -2.88. The number of hydrogen-bond acceptors (Lipinski definition) is 8. The Labute approximate surface area is 183 Å². The van der Waals surface area contributed by atoms with Crippen LogP contribution < -0.4 is 11.2 Å². The van der Waals surface area contributed by atoms with Crippen molar-refractivity contribution in [2.45, 2.75) is 50.9 Å². The van der Waals surface area contributed by atoms with E-state index in [1.165, 1.54) is 30.5 Å². The molecule has 166 valence electrons. The molecular formula is C21H26N4O5S. The van der Waals surface area contributed by atoms with Crippen LogP contribution in [0.5, 0.6) is 0 Å². The number of thioether (sulfide) groups is 1. The molecule has 0 N–H and O–H groups in total. The fourth-order valence-corrected chi connectivity index (χ4v) is 4.10. The molecule has 0 aliphatic carbocycles. The van der Waals surface area contributed by atoms with Gasteiger partial charge in [-0.05, 0) is 24.5 Å². The normalized spacial score (nSPS) is 11.4. The summed E-state index contributed by atoms with van der Waals surface area (Å²) in [5.41, 5.74) is -0.461. The van der Waals surface area contributed by atoms with Gasteiger partial charge in [0.25, 0.3) is 5.56 Å². The molecular weight excluding hydrogens is 420 g/mol. The summed E-state index contributed by atoms with van der Waals surface area (Å²) < 4.78 is 12.8. The number of fused-ring (bicyclic) bond motifs is 1. The Morgan fingerprint density at radius 3 is 2.65 bits per heavy atom. The SMILES string of the molecule is CCCn1c(=O)n(C)c(=O)c2c(SCc3ccc(C(=O)OC)o3)nc(CC(C)C)nc21. The zero-order valence-corrected chi connectivity index (χ0v) is 19.1. The molecule has 0 atom stereocenters. The molecule has 0 spiro atoms. The molecule has 0 saturated heterocycles. The Morgan fingerprint density at radius 1 is 1.26 bits per heavy atom. The predicted molar refractivity (Wildman–Crippen MR) is 117 cm³/mol. The monoisotopic (exact) mass is 446 g/mol. The molecule has 3 aromatic heterocycles. The van der Waals surface area contributed by atoms with Gasteiger partial charge in [-0.25, -0.2) is 19.6 Å². The summed E-state index contributed by atoms with van der Waals surface area (Å²) in [6, 6.07) is 3.23. The molecule has 0 bridgehead atoms. The molecule has 0 fully saturated rings. The van der Waals surface area contributed by atoms with Crippen molar-refractivity contribution in [1.82, 2.24) is 19.1 Å². The Bertz CT molecular complexity index is 1220. The third-order valence-corrected chi connectivity index (χ3v) is 5.63. The van der Waals surface area contributed by atoms with E-state index in [-0.39, 0.29) is 5.76 Å². The quantitative estimate of drug-likeness (QED) is 0.295. The van der Waals surface area contributed by atoms with Crippen molar-refractivity contribution in [3.63, 3.8) is 0 Å². The smallest absolute Gasteiger partial charge is 0.373 e. The van der Waals surface area contributed by atoms with E-state index in [1.807, 2.05) is 6.92 Å². The van der Waals surface area contributed by atoms with Crippen LogP contribution in [0.15, 0.2) is 31.2 Å². The van der Waals surface area contributed by atoms with E-state index < -0.39 is 17.2 Å². The van der Waals surface area contributed by atoms with Crippen molar-refractivity contribution >= 4 is 28.8 Å². The Morgan fingerprint density at radius 2 is 2.00 bits per heavy atom. The molecule has 0 unspecified atom stereocenters. The third kappa shape index (κ3) is 4.73. The van der Waals surface area contributed by atoms with Crippen LogP contribution in [0.3, 0.4) is 0 Å². The van der Waals surface area contributed by atoms with Crippen LogP contribution in [0.25, 0.3) is 11.0 Å². The van der Waals surface area contributed by atoms with Gasteiger partial charge < -0.3 is 9.15 Å². The number of methoxy groups -OCH3 is 1. The highest BCUT2D eigenvalue weighted by molar-refractivity contribution is 7.98. The molecule has 31 heavy (non-hydrogen) atoms. The Kier molecular flexibility index (Phi) is 6.99. The van der Waals surface area contributed by atoms with Gasteiger partial charge in [0.15, 0.2) is 5.65 Å². The molecule has 0 aliphatic rings. The van der Waals surface area contributed by atoms with E-state index in [0.717, 1.165) is 11.0 Å². The van der Waals surface area contributed by atoms with E-state index in [2.05, 4.69) is 28.6 Å². The molecule has 9 nitrogen and oxygen atoms in total. The summed E-state index contributed by atoms with van der Waals surface area (Å²) in [6.45, 7) is 6.53. The zero-order valence-electron chi connectivity index (χ0n) is 18.3. The van der Waals surface area contributed by atoms with Gasteiger partial charge in [0.2, 0.25) is 5.76 Å². The highest BCUT2D eigenvalue weighted by Gasteiger charge is 2.20. The van der Waals surface area contributed by atoms with Gasteiger partial charge >= 0.3 is 11.7 Å². The lowest BCUT2D eigenvalue weighted by molar-refractivity contribution is 0.0563. The van der Waals surface area contributed by atoms with Crippen LogP contribution in [-0.2, 0) is 30.5 Å². The van der Waals surface area contributed by atoms with E-state index in [1.54, 1.807) is 12.1 Å². The number of ether oxygens (including phenoxy) is 1. The fourth-order valence-electron chi connectivity index (χ4n) is 3.17. The summed E-state index contributed by atoms with van der Waals surface area (Å²) in [5.74, 6) is 1.33. The highest BCUT2D eigenvalue weighted by atomic mass is 32.2. The van der Waals surface area contributed by atoms with Gasteiger partial charge in [0.05, 0.1) is 12.9 Å². The maximum Gasteiger partial charge on any atom is 0.373 e. The Balaban J connectivity index is 2.12. The van der Waals surface area contributed by atoms with Crippen LogP contribution >= 0.6 is 11.8 Å².